The van der Waals surface area contributed by atoms with Gasteiger partial charge in [0.15, 0.2) is 0 Å². The molecule has 0 spiro atoms. The van der Waals surface area contributed by atoms with Crippen molar-refractivity contribution >= 4 is 16.0 Å². The Morgan fingerprint density at radius 1 is 1.38 bits per heavy atom. The lowest BCUT2D eigenvalue weighted by Crippen LogP contribution is -2.11. The van der Waals surface area contributed by atoms with E-state index in [4.69, 9.17) is 5.73 Å². The molecule has 0 fully saturated rings. The van der Waals surface area contributed by atoms with Crippen LogP contribution in [0.25, 0.3) is 0 Å². The van der Waals surface area contributed by atoms with Crippen molar-refractivity contribution in [2.45, 2.75) is 4.90 Å². The number of carbonyl (C=O) groups is 1. The highest BCUT2D eigenvalue weighted by Crippen LogP contribution is 2.10. The van der Waals surface area contributed by atoms with Crippen LogP contribution in [0, 0.1) is 0 Å². The van der Waals surface area contributed by atoms with E-state index >= 15 is 0 Å². The molecule has 0 aliphatic rings. The molecule has 0 bridgehead atoms. The zero-order chi connectivity index (χ0) is 10.1. The van der Waals surface area contributed by atoms with Crippen LogP contribution in [0.15, 0.2) is 29.2 Å². The fourth-order valence-electron chi connectivity index (χ4n) is 0.805. The van der Waals surface area contributed by atoms with Gasteiger partial charge in [-0.25, -0.2) is 8.42 Å². The molecule has 2 N–H and O–H groups in total. The summed E-state index contributed by atoms with van der Waals surface area (Å²) in [5.41, 5.74) is 4.89. The predicted molar refractivity (Wildman–Crippen MR) is 42.9 cm³/mol. The Morgan fingerprint density at radius 3 is 2.46 bits per heavy atom. The van der Waals surface area contributed by atoms with Crippen molar-refractivity contribution in [3.05, 3.63) is 29.8 Å². The molecule has 0 heterocycles. The topological polar surface area (TPSA) is 100 Å². The molecular formula is C7H6NO4S-. The van der Waals surface area contributed by atoms with Gasteiger partial charge in [0.25, 0.3) is 0 Å². The Labute approximate surface area is 74.9 Å². The van der Waals surface area contributed by atoms with E-state index in [1.54, 1.807) is 0 Å². The summed E-state index contributed by atoms with van der Waals surface area (Å²) >= 11 is 0. The van der Waals surface area contributed by atoms with Crippen molar-refractivity contribution < 1.29 is 17.8 Å². The minimum Gasteiger partial charge on any atom is -0.744 e. The Kier molecular flexibility index (Phi) is 2.35. The van der Waals surface area contributed by atoms with Gasteiger partial charge in [0.1, 0.15) is 10.1 Å². The molecule has 0 radical (unpaired) electrons. The van der Waals surface area contributed by atoms with E-state index in [0.29, 0.717) is 0 Å². The molecule has 0 saturated heterocycles. The Bertz CT molecular complexity index is 438. The van der Waals surface area contributed by atoms with Crippen LogP contribution in [-0.4, -0.2) is 18.9 Å². The summed E-state index contributed by atoms with van der Waals surface area (Å²) in [5.74, 6) is -0.773. The van der Waals surface area contributed by atoms with Crippen LogP contribution in [0.2, 0.25) is 0 Å². The zero-order valence-electron chi connectivity index (χ0n) is 6.43. The van der Waals surface area contributed by atoms with Crippen molar-refractivity contribution in [3.63, 3.8) is 0 Å². The molecule has 1 aromatic carbocycles. The first kappa shape index (κ1) is 9.69. The van der Waals surface area contributed by atoms with E-state index in [0.717, 1.165) is 12.1 Å². The lowest BCUT2D eigenvalue weighted by Gasteiger charge is -2.06. The van der Waals surface area contributed by atoms with Gasteiger partial charge in [0.05, 0.1) is 4.90 Å². The van der Waals surface area contributed by atoms with Crippen molar-refractivity contribution in [2.24, 2.45) is 5.73 Å². The summed E-state index contributed by atoms with van der Waals surface area (Å²) in [5, 5.41) is 0. The third-order valence-corrected chi connectivity index (χ3v) is 2.24. The third kappa shape index (κ3) is 2.27. The summed E-state index contributed by atoms with van der Waals surface area (Å²) in [6.45, 7) is 0. The molecule has 1 aromatic rings. The minimum atomic E-state index is -4.52. The van der Waals surface area contributed by atoms with Crippen LogP contribution >= 0.6 is 0 Å². The molecule has 5 nitrogen and oxygen atoms in total. The molecule has 70 valence electrons. The maximum absolute atomic E-state index is 10.6. The summed E-state index contributed by atoms with van der Waals surface area (Å²) in [7, 11) is -4.52. The average Bonchev–Trinajstić information content (AvgIpc) is 2.03. The van der Waals surface area contributed by atoms with E-state index in [2.05, 4.69) is 0 Å². The maximum atomic E-state index is 10.6. The van der Waals surface area contributed by atoms with Gasteiger partial charge in [-0.3, -0.25) is 4.79 Å². The number of carbonyl (C=O) groups excluding carboxylic acids is 1. The second-order valence-corrected chi connectivity index (χ2v) is 3.73. The van der Waals surface area contributed by atoms with Crippen molar-refractivity contribution in [2.75, 3.05) is 0 Å². The van der Waals surface area contributed by atoms with E-state index in [9.17, 15) is 17.8 Å². The summed E-state index contributed by atoms with van der Waals surface area (Å²) in [6, 6.07) is 4.67. The number of amides is 1. The lowest BCUT2D eigenvalue weighted by molar-refractivity contribution is 0.1000. The number of hydrogen-bond acceptors (Lipinski definition) is 4. The molecule has 0 atom stereocenters. The molecule has 0 aliphatic carbocycles. The molecule has 13 heavy (non-hydrogen) atoms. The van der Waals surface area contributed by atoms with Crippen LogP contribution in [0.3, 0.4) is 0 Å². The monoisotopic (exact) mass is 200 g/mol. The number of benzene rings is 1. The van der Waals surface area contributed by atoms with Crippen LogP contribution < -0.4 is 5.73 Å². The Hall–Kier alpha value is -1.40. The van der Waals surface area contributed by atoms with Gasteiger partial charge >= 0.3 is 0 Å². The fourth-order valence-corrected chi connectivity index (χ4v) is 1.32. The molecule has 1 amide bonds. The van der Waals surface area contributed by atoms with Gasteiger partial charge in [0.2, 0.25) is 5.91 Å². The summed E-state index contributed by atoms with van der Waals surface area (Å²) < 4.78 is 31.5. The largest absolute Gasteiger partial charge is 0.744 e. The first-order valence-corrected chi connectivity index (χ1v) is 4.68. The van der Waals surface area contributed by atoms with Gasteiger partial charge in [-0.15, -0.1) is 0 Å². The number of hydrogen-bond donors (Lipinski definition) is 1. The smallest absolute Gasteiger partial charge is 0.248 e. The standard InChI is InChI=1S/C7H7NO4S/c8-7(9)5-2-1-3-6(4-5)13(10,11)12/h1-4H,(H2,8,9)(H,10,11,12)/p-1. The van der Waals surface area contributed by atoms with Crippen LogP contribution in [0.1, 0.15) is 10.4 Å². The molecule has 0 unspecified atom stereocenters. The number of nitrogens with two attached hydrogens (primary N) is 1. The quantitative estimate of drug-likeness (QED) is 0.661. The summed E-state index contributed by atoms with van der Waals surface area (Å²) in [4.78, 5) is 10.2. The molecule has 0 aliphatic heterocycles. The van der Waals surface area contributed by atoms with Gasteiger partial charge in [-0.05, 0) is 18.2 Å². The van der Waals surface area contributed by atoms with E-state index < -0.39 is 20.9 Å². The molecule has 0 saturated carbocycles. The molecule has 0 aromatic heterocycles. The van der Waals surface area contributed by atoms with E-state index in [-0.39, 0.29) is 5.56 Å². The number of primary amides is 1. The maximum Gasteiger partial charge on any atom is 0.248 e. The second kappa shape index (κ2) is 3.15. The highest BCUT2D eigenvalue weighted by molar-refractivity contribution is 7.85. The third-order valence-electron chi connectivity index (χ3n) is 1.41. The Balaban J connectivity index is 3.29. The summed E-state index contributed by atoms with van der Waals surface area (Å²) in [6.07, 6.45) is 0. The van der Waals surface area contributed by atoms with Crippen LogP contribution in [-0.2, 0) is 10.1 Å². The SMILES string of the molecule is NC(=O)c1cccc(S(=O)(=O)[O-])c1. The van der Waals surface area contributed by atoms with Gasteiger partial charge in [-0.2, -0.15) is 0 Å². The number of rotatable bonds is 2. The van der Waals surface area contributed by atoms with Crippen molar-refractivity contribution in [1.82, 2.24) is 0 Å². The zero-order valence-corrected chi connectivity index (χ0v) is 7.24. The Morgan fingerprint density at radius 2 is 2.00 bits per heavy atom. The minimum absolute atomic E-state index is 0.00285. The fraction of sp³-hybridized carbons (Fsp3) is 0. The van der Waals surface area contributed by atoms with Crippen molar-refractivity contribution in [3.8, 4) is 0 Å². The predicted octanol–water partition coefficient (Wildman–Crippen LogP) is -0.310. The lowest BCUT2D eigenvalue weighted by atomic mass is 10.2. The molecular weight excluding hydrogens is 194 g/mol. The average molecular weight is 200 g/mol. The highest BCUT2D eigenvalue weighted by atomic mass is 32.2. The molecule has 6 heteroatoms. The normalized spacial score (nSPS) is 11.2. The van der Waals surface area contributed by atoms with Gasteiger partial charge in [-0.1, -0.05) is 6.07 Å². The van der Waals surface area contributed by atoms with E-state index in [1.807, 2.05) is 0 Å². The van der Waals surface area contributed by atoms with Gasteiger partial charge in [0, 0.05) is 5.56 Å². The van der Waals surface area contributed by atoms with Crippen LogP contribution in [0.5, 0.6) is 0 Å². The van der Waals surface area contributed by atoms with Crippen LogP contribution in [0.4, 0.5) is 0 Å². The highest BCUT2D eigenvalue weighted by Gasteiger charge is 2.04. The second-order valence-electron chi connectivity index (χ2n) is 2.35. The van der Waals surface area contributed by atoms with Gasteiger partial charge < -0.3 is 10.3 Å². The van der Waals surface area contributed by atoms with Crippen molar-refractivity contribution in [1.29, 1.82) is 0 Å². The van der Waals surface area contributed by atoms with E-state index in [1.165, 1.54) is 12.1 Å². The first-order chi connectivity index (χ1) is 5.91. The first-order valence-electron chi connectivity index (χ1n) is 3.27. The molecule has 1 rings (SSSR count).